The third kappa shape index (κ3) is 39.8. The summed E-state index contributed by atoms with van der Waals surface area (Å²) in [4.78, 5) is 5.86. The molecule has 56 heteroatoms. The molecular weight excluding hydrogens is 6220 g/mol. The number of nitrogens with two attached hydrogens (primary N) is 1. The number of benzene rings is 3. The summed E-state index contributed by atoms with van der Waals surface area (Å²) in [5.74, 6) is -0.841. The van der Waals surface area contributed by atoms with Gasteiger partial charge in [0.1, 0.15) is 11.6 Å². The Morgan fingerprint density at radius 3 is 0.987 bits per heavy atom. The van der Waals surface area contributed by atoms with E-state index in [1.54, 1.807) is 12.1 Å². The number of rotatable bonds is 20. The van der Waals surface area contributed by atoms with Gasteiger partial charge in [-0.1, -0.05) is 75.4 Å². The van der Waals surface area contributed by atoms with Gasteiger partial charge < -0.3 is 10.3 Å². The standard InChI is InChI=1S/C7H2BrClFN.C7H4BrClN2O.C7H3ClFN.CH4.I44/c1-11-7-5(10)3-2-4(8)6(7)9;8-3-1-2-4-5(6(3)9)7(10)11-12-4;1-10-7-5(8)3-2-4-6(7)9;;1-24(2)26(5)28(7)30(9)32(11)34(13)36(15)38(17)40(19)42(21)44(23)43(22)41(20)39(18)37(16)35(14)33(12)31(10)29(8)27(6)25(3)4/h2-3H;1-2H,(H2,10,11);2-4H;1H4;. The van der Waals surface area contributed by atoms with Crippen LogP contribution in [0.3, 0.4) is 0 Å². The van der Waals surface area contributed by atoms with Gasteiger partial charge in [0.15, 0.2) is 11.4 Å². The van der Waals surface area contributed by atoms with Crippen molar-refractivity contribution in [3.05, 3.63) is 101 Å². The number of para-hydroxylation sites is 1. The molecule has 0 fully saturated rings. The van der Waals surface area contributed by atoms with Gasteiger partial charge in [0.05, 0.1) is 28.6 Å². The van der Waals surface area contributed by atoms with Crippen LogP contribution in [-0.2, 0) is 0 Å². The van der Waals surface area contributed by atoms with E-state index in [1.807, 2.05) is 0 Å². The zero-order chi connectivity index (χ0) is 59.8. The molecule has 4 rings (SSSR count). The fraction of sp³-hybridized carbons (Fsp3) is 0.0455. The predicted molar refractivity (Wildman–Crippen MR) is 758 cm³/mol. The van der Waals surface area contributed by atoms with Crippen LogP contribution in [0.4, 0.5) is 26.0 Å². The second-order valence-corrected chi connectivity index (χ2v) is 1040. The molecule has 78 heavy (non-hydrogen) atoms. The molecular formula is C22H13Br2Cl3F2I44N4O. The minimum atomic E-state index is -0.590. The average Bonchev–Trinajstić information content (AvgIpc) is 3.79. The number of hydrogen-bond acceptors (Lipinski definition) is 3. The molecule has 4 aromatic rings. The summed E-state index contributed by atoms with van der Waals surface area (Å²) in [6.07, 6.45) is 0. The fourth-order valence-electron chi connectivity index (χ4n) is 2.79. The Kier molecular flexibility index (Phi) is 84.4. The summed E-state index contributed by atoms with van der Waals surface area (Å²) in [5.41, 5.74) is 5.89. The summed E-state index contributed by atoms with van der Waals surface area (Å²) in [7, 11) is -10.9. The smallest absolute Gasteiger partial charge is 0.241 e. The zero-order valence-corrected chi connectivity index (χ0v) is 133. The number of nitrogens with zero attached hydrogens (tertiary/aromatic N) is 3. The Balaban J connectivity index is 0.00000137. The maximum atomic E-state index is 12.7. The molecule has 0 spiro atoms. The molecule has 3 aromatic carbocycles. The maximum absolute atomic E-state index is 12.7. The summed E-state index contributed by atoms with van der Waals surface area (Å²) in [6, 6.07) is 10.4. The van der Waals surface area contributed by atoms with Crippen LogP contribution >= 0.6 is 661 Å². The van der Waals surface area contributed by atoms with Gasteiger partial charge in [0.2, 0.25) is 11.4 Å². The van der Waals surface area contributed by atoms with Crippen LogP contribution in [0.25, 0.3) is 20.7 Å². The molecule has 0 aliphatic carbocycles. The summed E-state index contributed by atoms with van der Waals surface area (Å²) < 4.78 is 31.5. The average molecular weight is 6240 g/mol. The van der Waals surface area contributed by atoms with E-state index in [2.05, 4.69) is 475 Å². The second kappa shape index (κ2) is 61.1. The van der Waals surface area contributed by atoms with Crippen LogP contribution < -0.4 is 5.73 Å². The van der Waals surface area contributed by atoms with Crippen molar-refractivity contribution in [2.45, 2.75) is 7.43 Å². The third-order valence-electron chi connectivity index (χ3n) is 5.37. The number of halogens is 51. The molecule has 0 aliphatic heterocycles. The zero-order valence-electron chi connectivity index (χ0n) is 32.6. The molecule has 0 amide bonds. The maximum Gasteiger partial charge on any atom is 0.241 e. The Morgan fingerprint density at radius 1 is 0.436 bits per heavy atom. The summed E-state index contributed by atoms with van der Waals surface area (Å²) in [6.45, 7) is 13.1. The Hall–Kier alpha value is 29.7. The molecule has 5 nitrogen and oxygen atoms in total. The van der Waals surface area contributed by atoms with Crippen molar-refractivity contribution in [3.63, 3.8) is 0 Å². The summed E-state index contributed by atoms with van der Waals surface area (Å²) in [5, 5.41) is 5.07. The number of hydrogen-bond donors (Lipinski definition) is 1. The van der Waals surface area contributed by atoms with Crippen molar-refractivity contribution >= 4 is 689 Å². The van der Waals surface area contributed by atoms with Crippen molar-refractivity contribution < 1.29 is 13.3 Å². The minimum absolute atomic E-state index is 0. The van der Waals surface area contributed by atoms with Gasteiger partial charge in [-0.25, -0.2) is 18.5 Å². The number of aromatic nitrogens is 1. The van der Waals surface area contributed by atoms with Crippen LogP contribution in [0.1, 0.15) is 7.43 Å². The Morgan fingerprint density at radius 2 is 0.718 bits per heavy atom. The number of fused-ring (bicyclic) bond motifs is 1. The largest absolute Gasteiger partial charge is 0.380 e. The van der Waals surface area contributed by atoms with Crippen LogP contribution in [0, 0.1) is 24.8 Å². The molecule has 0 saturated carbocycles. The van der Waals surface area contributed by atoms with Crippen LogP contribution in [0.5, 0.6) is 0 Å². The first kappa shape index (κ1) is 108. The van der Waals surface area contributed by atoms with Gasteiger partial charge in [0, 0.05) is 14.0 Å². The van der Waals surface area contributed by atoms with E-state index in [-0.39, 0.29) is 28.8 Å². The van der Waals surface area contributed by atoms with Crippen LogP contribution in [0.15, 0.2) is 55.9 Å². The van der Waals surface area contributed by atoms with Crippen LogP contribution in [0.2, 0.25) is 15.1 Å². The minimum Gasteiger partial charge on any atom is -0.380 e. The molecule has 0 saturated heterocycles. The Labute approximate surface area is 783 Å². The van der Waals surface area contributed by atoms with Gasteiger partial charge in [0.25, 0.3) is 0 Å². The van der Waals surface area contributed by atoms with Crippen molar-refractivity contribution in [2.24, 2.45) is 0 Å². The molecule has 0 aliphatic rings. The van der Waals surface area contributed by atoms with E-state index in [1.165, 1.54) is 30.3 Å². The van der Waals surface area contributed by atoms with E-state index in [4.69, 9.17) is 58.2 Å². The van der Waals surface area contributed by atoms with Crippen molar-refractivity contribution in [3.8, 4) is 0 Å². The van der Waals surface area contributed by atoms with Gasteiger partial charge in [-0.2, -0.15) is 0 Å². The fourth-order valence-corrected chi connectivity index (χ4v) is 7970. The number of anilines is 1. The van der Waals surface area contributed by atoms with Crippen molar-refractivity contribution in [2.75, 3.05) is 5.73 Å². The van der Waals surface area contributed by atoms with E-state index in [0.29, 0.717) is 26.3 Å². The SMILES string of the molecule is C.II(I)I(I)I(I)I(I)I(I)I(I)I(I)I(I)I(I)I(I)I(I)I(I)I(I)I(I)I(I)I(I)I(I)I(I)I(I)I(I)I(I)I.Nc1noc2ccc(Br)c(Cl)c12.[C-]#[N+]c1c(F)ccc(Br)c1Cl.[C-]#[N+]c1c(F)cccc1Cl. The van der Waals surface area contributed by atoms with Crippen LogP contribution in [-0.4, -0.2) is 5.16 Å². The van der Waals surface area contributed by atoms with E-state index in [0.717, 1.165) is 4.47 Å². The third-order valence-corrected chi connectivity index (χ3v) is 3310. The monoisotopic (exact) mass is 6230 g/mol. The van der Waals surface area contributed by atoms with Crippen molar-refractivity contribution in [1.82, 2.24) is 5.16 Å². The first-order valence-electron chi connectivity index (χ1n) is 14.6. The number of nitrogen functional groups attached to an aromatic ring is 1. The molecule has 2 N–H and O–H groups in total. The molecule has 1 heterocycles. The van der Waals surface area contributed by atoms with Gasteiger partial charge >= 0.3 is 594 Å². The topological polar surface area (TPSA) is 60.8 Å². The molecule has 0 bridgehead atoms. The molecule has 1 aromatic heterocycles. The van der Waals surface area contributed by atoms with E-state index in [9.17, 15) is 8.78 Å². The molecule has 0 unspecified atom stereocenters. The van der Waals surface area contributed by atoms with Gasteiger partial charge in [-0.05, 0) is 46.3 Å². The molecule has 484 valence electrons. The van der Waals surface area contributed by atoms with E-state index < -0.39 is 177 Å². The van der Waals surface area contributed by atoms with Gasteiger partial charge in [-0.3, -0.25) is 0 Å². The molecule has 0 atom stereocenters. The van der Waals surface area contributed by atoms with Gasteiger partial charge in [-0.15, -0.1) is 0 Å². The predicted octanol–water partition coefficient (Wildman–Crippen LogP) is 49.3. The quantitative estimate of drug-likeness (QED) is 0.0545. The summed E-state index contributed by atoms with van der Waals surface area (Å²) >= 11 is 97.8. The molecule has 0 radical (unpaired) electrons. The Bertz CT molecular complexity index is 2470. The first-order chi connectivity index (χ1) is 35.6. The second-order valence-electron chi connectivity index (χ2n) is 9.19. The normalized spacial score (nSPS) is 14.7. The van der Waals surface area contributed by atoms with E-state index >= 15 is 0 Å². The van der Waals surface area contributed by atoms with Crippen molar-refractivity contribution in [1.29, 1.82) is 0 Å². The first-order valence-corrected chi connectivity index (χ1v) is 288.